The van der Waals surface area contributed by atoms with Crippen molar-refractivity contribution in [3.05, 3.63) is 41.3 Å². The minimum absolute atomic E-state index is 0.463. The topological polar surface area (TPSA) is 54.5 Å². The lowest BCUT2D eigenvalue weighted by Crippen LogP contribution is -1.94. The Bertz CT molecular complexity index is 692. The Hall–Kier alpha value is -1.59. The van der Waals surface area contributed by atoms with E-state index in [1.165, 1.54) is 11.8 Å². The van der Waals surface area contributed by atoms with Gasteiger partial charge in [0.05, 0.1) is 11.0 Å². The molecule has 4 nitrogen and oxygen atoms in total. The van der Waals surface area contributed by atoms with Crippen molar-refractivity contribution in [2.45, 2.75) is 23.5 Å². The van der Waals surface area contributed by atoms with E-state index in [0.717, 1.165) is 33.5 Å². The summed E-state index contributed by atoms with van der Waals surface area (Å²) < 4.78 is 0. The number of hydrogen-bond donors (Lipinski definition) is 1. The van der Waals surface area contributed by atoms with E-state index in [4.69, 9.17) is 11.6 Å². The molecule has 0 aliphatic rings. The summed E-state index contributed by atoms with van der Waals surface area (Å²) in [6.07, 6.45) is 0.758. The van der Waals surface area contributed by atoms with Gasteiger partial charge in [0.1, 0.15) is 16.0 Å². The summed E-state index contributed by atoms with van der Waals surface area (Å²) in [6, 6.07) is 9.66. The Morgan fingerprint density at radius 3 is 2.84 bits per heavy atom. The fraction of sp³-hybridized carbons (Fsp3) is 0.154. The summed E-state index contributed by atoms with van der Waals surface area (Å²) in [4.78, 5) is 16.3. The van der Waals surface area contributed by atoms with E-state index < -0.39 is 0 Å². The maximum absolute atomic E-state index is 5.98. The summed E-state index contributed by atoms with van der Waals surface area (Å²) in [6.45, 7) is 2.00. The van der Waals surface area contributed by atoms with Gasteiger partial charge in [-0.25, -0.2) is 15.0 Å². The van der Waals surface area contributed by atoms with Crippen LogP contribution in [0.25, 0.3) is 11.0 Å². The van der Waals surface area contributed by atoms with Crippen LogP contribution in [-0.2, 0) is 6.42 Å². The molecule has 0 saturated heterocycles. The molecule has 0 atom stereocenters. The van der Waals surface area contributed by atoms with E-state index in [0.29, 0.717) is 5.15 Å². The van der Waals surface area contributed by atoms with Crippen molar-refractivity contribution < 1.29 is 0 Å². The molecule has 1 N–H and O–H groups in total. The minimum Gasteiger partial charge on any atom is -0.333 e. The Morgan fingerprint density at radius 2 is 2.05 bits per heavy atom. The van der Waals surface area contributed by atoms with Crippen molar-refractivity contribution in [3.63, 3.8) is 0 Å². The summed E-state index contributed by atoms with van der Waals surface area (Å²) in [5.74, 6) is 0.742. The monoisotopic (exact) mass is 290 g/mol. The molecule has 0 unspecified atom stereocenters. The number of para-hydroxylation sites is 2. The zero-order valence-electron chi connectivity index (χ0n) is 10.2. The van der Waals surface area contributed by atoms with Crippen LogP contribution in [0.1, 0.15) is 12.7 Å². The predicted octanol–water partition coefficient (Wildman–Crippen LogP) is 3.72. The van der Waals surface area contributed by atoms with Crippen LogP contribution < -0.4 is 0 Å². The van der Waals surface area contributed by atoms with E-state index in [-0.39, 0.29) is 0 Å². The number of nitrogens with one attached hydrogen (secondary N) is 1. The second-order valence-corrected chi connectivity index (χ2v) is 5.36. The maximum atomic E-state index is 5.98. The van der Waals surface area contributed by atoms with Crippen molar-refractivity contribution in [3.8, 4) is 0 Å². The number of H-pyrrole nitrogens is 1. The van der Waals surface area contributed by atoms with Crippen molar-refractivity contribution in [2.75, 3.05) is 0 Å². The van der Waals surface area contributed by atoms with Crippen LogP contribution in [0.3, 0.4) is 0 Å². The first-order chi connectivity index (χ1) is 9.24. The number of halogens is 1. The summed E-state index contributed by atoms with van der Waals surface area (Å²) >= 11 is 7.43. The molecule has 0 aliphatic carbocycles. The molecule has 3 rings (SSSR count). The summed E-state index contributed by atoms with van der Waals surface area (Å²) in [5, 5.41) is 2.07. The average molecular weight is 291 g/mol. The van der Waals surface area contributed by atoms with Gasteiger partial charge in [-0.15, -0.1) is 0 Å². The van der Waals surface area contributed by atoms with Crippen LogP contribution in [0, 0.1) is 0 Å². The van der Waals surface area contributed by atoms with Crippen LogP contribution in [0.2, 0.25) is 5.15 Å². The van der Waals surface area contributed by atoms with Gasteiger partial charge in [-0.2, -0.15) is 0 Å². The molecular weight excluding hydrogens is 280 g/mol. The van der Waals surface area contributed by atoms with Gasteiger partial charge in [-0.1, -0.05) is 30.7 Å². The molecule has 1 aromatic carbocycles. The third kappa shape index (κ3) is 2.72. The third-order valence-electron chi connectivity index (χ3n) is 2.60. The number of benzene rings is 1. The predicted molar refractivity (Wildman–Crippen MR) is 76.6 cm³/mol. The van der Waals surface area contributed by atoms with Gasteiger partial charge in [0.15, 0.2) is 5.16 Å². The Balaban J connectivity index is 1.94. The van der Waals surface area contributed by atoms with Crippen LogP contribution in [0.5, 0.6) is 0 Å². The molecule has 0 bridgehead atoms. The molecule has 0 amide bonds. The number of imidazole rings is 1. The average Bonchev–Trinajstić information content (AvgIpc) is 2.80. The lowest BCUT2D eigenvalue weighted by Gasteiger charge is -2.01. The highest BCUT2D eigenvalue weighted by Gasteiger charge is 2.07. The SMILES string of the molecule is CCc1nc(Cl)cc(Sc2nc3ccccc3[nH]2)n1. The van der Waals surface area contributed by atoms with E-state index in [2.05, 4.69) is 19.9 Å². The number of fused-ring (bicyclic) bond motifs is 1. The summed E-state index contributed by atoms with van der Waals surface area (Å²) in [7, 11) is 0. The third-order valence-corrected chi connectivity index (χ3v) is 3.60. The first-order valence-electron chi connectivity index (χ1n) is 5.90. The van der Waals surface area contributed by atoms with Gasteiger partial charge in [0.25, 0.3) is 0 Å². The number of hydrogen-bond acceptors (Lipinski definition) is 4. The van der Waals surface area contributed by atoms with E-state index in [1.807, 2.05) is 31.2 Å². The van der Waals surface area contributed by atoms with E-state index in [9.17, 15) is 0 Å². The minimum atomic E-state index is 0.463. The molecule has 3 aromatic rings. The first-order valence-corrected chi connectivity index (χ1v) is 7.10. The Labute approximate surface area is 119 Å². The molecule has 19 heavy (non-hydrogen) atoms. The van der Waals surface area contributed by atoms with Gasteiger partial charge in [-0.3, -0.25) is 0 Å². The van der Waals surface area contributed by atoms with Crippen molar-refractivity contribution >= 4 is 34.4 Å². The number of aryl methyl sites for hydroxylation is 1. The van der Waals surface area contributed by atoms with Crippen LogP contribution in [-0.4, -0.2) is 19.9 Å². The molecule has 0 aliphatic heterocycles. The zero-order valence-corrected chi connectivity index (χ0v) is 11.8. The van der Waals surface area contributed by atoms with Crippen molar-refractivity contribution in [2.24, 2.45) is 0 Å². The van der Waals surface area contributed by atoms with Gasteiger partial charge < -0.3 is 4.98 Å². The molecule has 0 saturated carbocycles. The second-order valence-electron chi connectivity index (χ2n) is 3.96. The maximum Gasteiger partial charge on any atom is 0.172 e. The largest absolute Gasteiger partial charge is 0.333 e. The first kappa shape index (κ1) is 12.4. The molecular formula is C13H11ClN4S. The van der Waals surface area contributed by atoms with Crippen LogP contribution >= 0.6 is 23.4 Å². The van der Waals surface area contributed by atoms with Gasteiger partial charge in [0, 0.05) is 12.5 Å². The smallest absolute Gasteiger partial charge is 0.172 e. The molecule has 0 radical (unpaired) electrons. The highest BCUT2D eigenvalue weighted by molar-refractivity contribution is 7.99. The lowest BCUT2D eigenvalue weighted by molar-refractivity contribution is 0.886. The standard InChI is InChI=1S/C13H11ClN4S/c1-2-11-17-10(14)7-12(18-11)19-13-15-8-5-3-4-6-9(8)16-13/h3-7H,2H2,1H3,(H,15,16). The molecule has 96 valence electrons. The van der Waals surface area contributed by atoms with Crippen LogP contribution in [0.4, 0.5) is 0 Å². The fourth-order valence-corrected chi connectivity index (χ4v) is 2.82. The number of aromatic nitrogens is 4. The quantitative estimate of drug-likeness (QED) is 0.747. The van der Waals surface area contributed by atoms with Gasteiger partial charge in [-0.05, 0) is 23.9 Å². The molecule has 0 spiro atoms. The highest BCUT2D eigenvalue weighted by atomic mass is 35.5. The van der Waals surface area contributed by atoms with Gasteiger partial charge >= 0.3 is 0 Å². The Kier molecular flexibility index (Phi) is 3.40. The number of aromatic amines is 1. The van der Waals surface area contributed by atoms with E-state index in [1.54, 1.807) is 6.07 Å². The van der Waals surface area contributed by atoms with E-state index >= 15 is 0 Å². The van der Waals surface area contributed by atoms with Gasteiger partial charge in [0.2, 0.25) is 0 Å². The summed E-state index contributed by atoms with van der Waals surface area (Å²) in [5.41, 5.74) is 1.96. The van der Waals surface area contributed by atoms with Crippen LogP contribution in [0.15, 0.2) is 40.5 Å². The van der Waals surface area contributed by atoms with Crippen molar-refractivity contribution in [1.29, 1.82) is 0 Å². The molecule has 2 heterocycles. The molecule has 6 heteroatoms. The normalized spacial score (nSPS) is 11.1. The molecule has 0 fully saturated rings. The number of nitrogens with zero attached hydrogens (tertiary/aromatic N) is 3. The highest BCUT2D eigenvalue weighted by Crippen LogP contribution is 2.27. The Morgan fingerprint density at radius 1 is 1.21 bits per heavy atom. The number of rotatable bonds is 3. The molecule has 2 aromatic heterocycles. The second kappa shape index (κ2) is 5.19. The lowest BCUT2D eigenvalue weighted by atomic mass is 10.3. The van der Waals surface area contributed by atoms with Crippen molar-refractivity contribution in [1.82, 2.24) is 19.9 Å². The zero-order chi connectivity index (χ0) is 13.2. The fourth-order valence-electron chi connectivity index (χ4n) is 1.73.